The summed E-state index contributed by atoms with van der Waals surface area (Å²) in [7, 11) is 0. The van der Waals surface area contributed by atoms with Crippen molar-refractivity contribution in [3.05, 3.63) is 23.8 Å². The minimum Gasteiger partial charge on any atom is -0.479 e. The van der Waals surface area contributed by atoms with Gasteiger partial charge in [-0.25, -0.2) is 9.78 Å². The molecule has 0 saturated carbocycles. The number of rotatable bonds is 4. The number of carbonyl (C=O) groups is 2. The van der Waals surface area contributed by atoms with Crippen molar-refractivity contribution in [3.63, 3.8) is 0 Å². The van der Waals surface area contributed by atoms with E-state index in [1.165, 1.54) is 12.4 Å². The number of nitrogens with one attached hydrogen (secondary N) is 1. The molecule has 1 atom stereocenters. The zero-order chi connectivity index (χ0) is 12.1. The summed E-state index contributed by atoms with van der Waals surface area (Å²) in [6.45, 7) is 1.35. The van der Waals surface area contributed by atoms with E-state index in [1.807, 2.05) is 0 Å². The molecule has 3 N–H and O–H groups in total. The Balaban J connectivity index is 2.53. The molecule has 1 aromatic rings. The third-order valence-corrected chi connectivity index (χ3v) is 1.75. The van der Waals surface area contributed by atoms with Gasteiger partial charge < -0.3 is 15.5 Å². The highest BCUT2D eigenvalue weighted by Crippen LogP contribution is 1.94. The number of aliphatic hydroxyl groups is 1. The number of hydrogen-bond donors (Lipinski definition) is 3. The molecular formula is C9H11N3O4. The monoisotopic (exact) mass is 225 g/mol. The highest BCUT2D eigenvalue weighted by molar-refractivity contribution is 5.92. The van der Waals surface area contributed by atoms with Crippen LogP contribution in [-0.4, -0.2) is 44.7 Å². The molecule has 0 aliphatic heterocycles. The molecule has 1 rings (SSSR count). The highest BCUT2D eigenvalue weighted by atomic mass is 16.4. The van der Waals surface area contributed by atoms with Gasteiger partial charge in [-0.2, -0.15) is 0 Å². The van der Waals surface area contributed by atoms with Gasteiger partial charge in [0.1, 0.15) is 5.69 Å². The SMILES string of the molecule is Cc1cnc(C(=O)NCC(O)C(=O)O)cn1. The first-order chi connectivity index (χ1) is 7.50. The second kappa shape index (κ2) is 5.17. The summed E-state index contributed by atoms with van der Waals surface area (Å²) in [6.07, 6.45) is 1.07. The fraction of sp³-hybridized carbons (Fsp3) is 0.333. The lowest BCUT2D eigenvalue weighted by Crippen LogP contribution is -2.36. The van der Waals surface area contributed by atoms with Crippen LogP contribution < -0.4 is 5.32 Å². The third-order valence-electron chi connectivity index (χ3n) is 1.75. The number of carbonyl (C=O) groups excluding carboxylic acids is 1. The number of hydrogen-bond acceptors (Lipinski definition) is 5. The zero-order valence-electron chi connectivity index (χ0n) is 8.54. The molecule has 86 valence electrons. The lowest BCUT2D eigenvalue weighted by molar-refractivity contribution is -0.146. The van der Waals surface area contributed by atoms with Crippen LogP contribution in [0, 0.1) is 6.92 Å². The van der Waals surface area contributed by atoms with Gasteiger partial charge in [-0.15, -0.1) is 0 Å². The molecule has 0 aromatic carbocycles. The molecular weight excluding hydrogens is 214 g/mol. The number of amides is 1. The van der Waals surface area contributed by atoms with Crippen molar-refractivity contribution in [3.8, 4) is 0 Å². The summed E-state index contributed by atoms with van der Waals surface area (Å²) in [5.41, 5.74) is 0.741. The number of nitrogens with zero attached hydrogens (tertiary/aromatic N) is 2. The van der Waals surface area contributed by atoms with Crippen molar-refractivity contribution >= 4 is 11.9 Å². The predicted octanol–water partition coefficient (Wildman–Crippen LogP) is -1.04. The van der Waals surface area contributed by atoms with Gasteiger partial charge >= 0.3 is 5.97 Å². The first kappa shape index (κ1) is 12.1. The largest absolute Gasteiger partial charge is 0.479 e. The third kappa shape index (κ3) is 3.28. The number of aryl methyl sites for hydroxylation is 1. The van der Waals surface area contributed by atoms with Crippen molar-refractivity contribution in [1.82, 2.24) is 15.3 Å². The van der Waals surface area contributed by atoms with Gasteiger partial charge in [-0.3, -0.25) is 9.78 Å². The Morgan fingerprint density at radius 3 is 2.62 bits per heavy atom. The summed E-state index contributed by atoms with van der Waals surface area (Å²) >= 11 is 0. The van der Waals surface area contributed by atoms with Crippen molar-refractivity contribution in [2.24, 2.45) is 0 Å². The van der Waals surface area contributed by atoms with E-state index in [4.69, 9.17) is 10.2 Å². The average molecular weight is 225 g/mol. The van der Waals surface area contributed by atoms with Gasteiger partial charge in [0.15, 0.2) is 6.10 Å². The van der Waals surface area contributed by atoms with E-state index < -0.39 is 18.0 Å². The van der Waals surface area contributed by atoms with Crippen LogP contribution in [0.25, 0.3) is 0 Å². The van der Waals surface area contributed by atoms with Crippen LogP contribution in [0.2, 0.25) is 0 Å². The van der Waals surface area contributed by atoms with Gasteiger partial charge in [0, 0.05) is 6.20 Å². The molecule has 0 aliphatic rings. The van der Waals surface area contributed by atoms with Gasteiger partial charge in [0.2, 0.25) is 0 Å². The molecule has 1 unspecified atom stereocenters. The summed E-state index contributed by atoms with van der Waals surface area (Å²) in [6, 6.07) is 0. The van der Waals surface area contributed by atoms with Crippen LogP contribution in [0.5, 0.6) is 0 Å². The topological polar surface area (TPSA) is 112 Å². The number of aromatic nitrogens is 2. The normalized spacial score (nSPS) is 11.9. The predicted molar refractivity (Wildman–Crippen MR) is 52.7 cm³/mol. The maximum Gasteiger partial charge on any atom is 0.334 e. The quantitative estimate of drug-likeness (QED) is 0.603. The summed E-state index contributed by atoms with van der Waals surface area (Å²) in [5.74, 6) is -1.97. The highest BCUT2D eigenvalue weighted by Gasteiger charge is 2.15. The second-order valence-corrected chi connectivity index (χ2v) is 3.11. The molecule has 1 aromatic heterocycles. The number of aliphatic carboxylic acids is 1. The van der Waals surface area contributed by atoms with E-state index in [0.717, 1.165) is 0 Å². The van der Waals surface area contributed by atoms with Crippen LogP contribution in [-0.2, 0) is 4.79 Å². The van der Waals surface area contributed by atoms with Gasteiger partial charge in [-0.05, 0) is 6.92 Å². The maximum atomic E-state index is 11.4. The number of carboxylic acids is 1. The fourth-order valence-corrected chi connectivity index (χ4v) is 0.877. The van der Waals surface area contributed by atoms with Crippen LogP contribution in [0.1, 0.15) is 16.2 Å². The molecule has 7 heteroatoms. The minimum atomic E-state index is -1.62. The molecule has 1 heterocycles. The Labute approximate surface area is 91.2 Å². The average Bonchev–Trinajstić information content (AvgIpc) is 2.26. The number of aliphatic hydroxyl groups excluding tert-OH is 1. The molecule has 0 radical (unpaired) electrons. The van der Waals surface area contributed by atoms with E-state index in [1.54, 1.807) is 6.92 Å². The van der Waals surface area contributed by atoms with Crippen LogP contribution >= 0.6 is 0 Å². The molecule has 7 nitrogen and oxygen atoms in total. The summed E-state index contributed by atoms with van der Waals surface area (Å²) in [5, 5.41) is 19.5. The molecule has 16 heavy (non-hydrogen) atoms. The molecule has 1 amide bonds. The van der Waals surface area contributed by atoms with E-state index in [0.29, 0.717) is 5.69 Å². The molecule has 0 fully saturated rings. The van der Waals surface area contributed by atoms with Crippen molar-refractivity contribution in [2.45, 2.75) is 13.0 Å². The fourth-order valence-electron chi connectivity index (χ4n) is 0.877. The molecule has 0 spiro atoms. The molecule has 0 saturated heterocycles. The van der Waals surface area contributed by atoms with Gasteiger partial charge in [0.25, 0.3) is 5.91 Å². The van der Waals surface area contributed by atoms with E-state index in [9.17, 15) is 9.59 Å². The molecule has 0 bridgehead atoms. The summed E-state index contributed by atoms with van der Waals surface area (Å²) < 4.78 is 0. The standard InChI is InChI=1S/C9H11N3O4/c1-5-2-11-6(3-10-5)8(14)12-4-7(13)9(15)16/h2-3,7,13H,4H2,1H3,(H,12,14)(H,15,16). The smallest absolute Gasteiger partial charge is 0.334 e. The Kier molecular flexibility index (Phi) is 3.90. The first-order valence-corrected chi connectivity index (χ1v) is 4.48. The van der Waals surface area contributed by atoms with Crippen molar-refractivity contribution in [1.29, 1.82) is 0 Å². The Morgan fingerprint density at radius 1 is 1.44 bits per heavy atom. The lowest BCUT2D eigenvalue weighted by Gasteiger charge is -2.06. The Bertz CT molecular complexity index is 390. The van der Waals surface area contributed by atoms with Crippen LogP contribution in [0.4, 0.5) is 0 Å². The lowest BCUT2D eigenvalue weighted by atomic mass is 10.3. The van der Waals surface area contributed by atoms with Gasteiger partial charge in [-0.1, -0.05) is 0 Å². The van der Waals surface area contributed by atoms with Crippen molar-refractivity contribution < 1.29 is 19.8 Å². The second-order valence-electron chi connectivity index (χ2n) is 3.11. The van der Waals surface area contributed by atoms with E-state index in [2.05, 4.69) is 15.3 Å². The van der Waals surface area contributed by atoms with E-state index >= 15 is 0 Å². The number of carboxylic acid groups (broad SMARTS) is 1. The van der Waals surface area contributed by atoms with Gasteiger partial charge in [0.05, 0.1) is 18.4 Å². The Morgan fingerprint density at radius 2 is 2.12 bits per heavy atom. The first-order valence-electron chi connectivity index (χ1n) is 4.48. The van der Waals surface area contributed by atoms with Crippen LogP contribution in [0.15, 0.2) is 12.4 Å². The van der Waals surface area contributed by atoms with E-state index in [-0.39, 0.29) is 12.2 Å². The maximum absolute atomic E-state index is 11.4. The summed E-state index contributed by atoms with van der Waals surface area (Å²) in [4.78, 5) is 29.3. The minimum absolute atomic E-state index is 0.0724. The van der Waals surface area contributed by atoms with Crippen LogP contribution in [0.3, 0.4) is 0 Å². The molecule has 0 aliphatic carbocycles. The Hall–Kier alpha value is -2.02. The van der Waals surface area contributed by atoms with Crippen molar-refractivity contribution in [2.75, 3.05) is 6.54 Å². The zero-order valence-corrected chi connectivity index (χ0v) is 8.54.